The highest BCUT2D eigenvalue weighted by Gasteiger charge is 2.21. The first-order chi connectivity index (χ1) is 12.1. The lowest BCUT2D eigenvalue weighted by Crippen LogP contribution is -2.26. The number of hydrogen-bond donors (Lipinski definition) is 1. The van der Waals surface area contributed by atoms with Crippen molar-refractivity contribution in [1.82, 2.24) is 15.5 Å². The summed E-state index contributed by atoms with van der Waals surface area (Å²) >= 11 is 0. The quantitative estimate of drug-likeness (QED) is 0.743. The van der Waals surface area contributed by atoms with Crippen LogP contribution in [0.15, 0.2) is 51.6 Å². The normalized spacial score (nSPS) is 12.1. The summed E-state index contributed by atoms with van der Waals surface area (Å²) in [4.78, 5) is 18.5. The van der Waals surface area contributed by atoms with Crippen molar-refractivity contribution in [3.63, 3.8) is 0 Å². The first-order valence-corrected chi connectivity index (χ1v) is 8.01. The molecule has 25 heavy (non-hydrogen) atoms. The van der Waals surface area contributed by atoms with Gasteiger partial charge in [0.2, 0.25) is 0 Å². The van der Waals surface area contributed by atoms with Crippen LogP contribution >= 0.6 is 0 Å². The Hall–Kier alpha value is -2.93. The van der Waals surface area contributed by atoms with E-state index >= 15 is 0 Å². The number of nitrogens with zero attached hydrogens (tertiary/aromatic N) is 3. The summed E-state index contributed by atoms with van der Waals surface area (Å²) in [5.41, 5.74) is 1.36. The highest BCUT2D eigenvalue weighted by atomic mass is 16.5. The van der Waals surface area contributed by atoms with Gasteiger partial charge in [0.15, 0.2) is 11.6 Å². The van der Waals surface area contributed by atoms with Gasteiger partial charge in [0, 0.05) is 19.5 Å². The van der Waals surface area contributed by atoms with Crippen LogP contribution in [0.3, 0.4) is 0 Å². The fraction of sp³-hybridized carbons (Fsp3) is 0.278. The molecule has 3 rings (SSSR count). The molecule has 1 atom stereocenters. The maximum Gasteiger partial charge on any atom is 0.293 e. The molecule has 1 amide bonds. The Morgan fingerprint density at radius 3 is 2.80 bits per heavy atom. The molecule has 0 saturated heterocycles. The summed E-state index contributed by atoms with van der Waals surface area (Å²) in [6.07, 6.45) is 2.13. The molecule has 1 aromatic carbocycles. The van der Waals surface area contributed by atoms with Gasteiger partial charge in [-0.25, -0.2) is 0 Å². The molecule has 0 aliphatic rings. The van der Waals surface area contributed by atoms with E-state index < -0.39 is 0 Å². The first-order valence-electron chi connectivity index (χ1n) is 8.01. The van der Waals surface area contributed by atoms with Gasteiger partial charge in [-0.15, -0.1) is 0 Å². The fourth-order valence-corrected chi connectivity index (χ4v) is 2.44. The molecule has 130 valence electrons. The van der Waals surface area contributed by atoms with Crippen molar-refractivity contribution in [2.75, 3.05) is 19.0 Å². The average Bonchev–Trinajstić information content (AvgIpc) is 3.32. The molecule has 0 fully saturated rings. The summed E-state index contributed by atoms with van der Waals surface area (Å²) in [6.45, 7) is 2.04. The van der Waals surface area contributed by atoms with Gasteiger partial charge in [0.25, 0.3) is 11.8 Å². The molecular weight excluding hydrogens is 320 g/mol. The number of amides is 1. The van der Waals surface area contributed by atoms with Crippen LogP contribution in [-0.2, 0) is 6.42 Å². The van der Waals surface area contributed by atoms with Crippen molar-refractivity contribution >= 4 is 11.6 Å². The Labute approximate surface area is 145 Å². The van der Waals surface area contributed by atoms with Gasteiger partial charge in [-0.05, 0) is 38.2 Å². The Morgan fingerprint density at radius 1 is 1.28 bits per heavy atom. The molecule has 7 heteroatoms. The number of hydrogen-bond acceptors (Lipinski definition) is 6. The van der Waals surface area contributed by atoms with Crippen LogP contribution in [0, 0.1) is 0 Å². The van der Waals surface area contributed by atoms with Gasteiger partial charge in [-0.1, -0.05) is 17.3 Å². The number of benzene rings is 1. The highest BCUT2D eigenvalue weighted by Crippen LogP contribution is 2.30. The van der Waals surface area contributed by atoms with E-state index in [4.69, 9.17) is 8.94 Å². The number of anilines is 1. The number of carbonyl (C=O) groups excluding carboxylic acids is 1. The lowest BCUT2D eigenvalue weighted by molar-refractivity contribution is 0.0966. The van der Waals surface area contributed by atoms with E-state index in [9.17, 15) is 4.79 Å². The van der Waals surface area contributed by atoms with E-state index in [1.165, 1.54) is 11.2 Å². The number of carbonyl (C=O) groups is 1. The third-order valence-electron chi connectivity index (χ3n) is 3.98. The minimum atomic E-state index is -0.249. The van der Waals surface area contributed by atoms with Crippen molar-refractivity contribution in [2.24, 2.45) is 0 Å². The zero-order valence-electron chi connectivity index (χ0n) is 14.4. The van der Waals surface area contributed by atoms with Crippen molar-refractivity contribution in [2.45, 2.75) is 19.4 Å². The zero-order chi connectivity index (χ0) is 17.8. The van der Waals surface area contributed by atoms with Gasteiger partial charge < -0.3 is 19.2 Å². The average molecular weight is 340 g/mol. The minimum absolute atomic E-state index is 0.240. The Bertz CT molecular complexity index is 842. The number of furan rings is 1. The summed E-state index contributed by atoms with van der Waals surface area (Å²) in [5, 5.41) is 7.17. The Balaban J connectivity index is 1.90. The molecule has 2 heterocycles. The van der Waals surface area contributed by atoms with Crippen molar-refractivity contribution in [3.05, 3.63) is 54.2 Å². The summed E-state index contributed by atoms with van der Waals surface area (Å²) in [7, 11) is 3.57. The van der Waals surface area contributed by atoms with Crippen molar-refractivity contribution in [3.8, 4) is 11.5 Å². The van der Waals surface area contributed by atoms with E-state index in [1.807, 2.05) is 38.2 Å². The molecule has 1 N–H and O–H groups in total. The topological polar surface area (TPSA) is 84.4 Å². The number of likely N-dealkylation sites (N-methyl/N-ethyl adjacent to an activating group) is 1. The molecule has 7 nitrogen and oxygen atoms in total. The Kier molecular flexibility index (Phi) is 4.95. The second-order valence-electron chi connectivity index (χ2n) is 5.77. The second-order valence-corrected chi connectivity index (χ2v) is 5.77. The third kappa shape index (κ3) is 3.61. The summed E-state index contributed by atoms with van der Waals surface area (Å²) < 4.78 is 10.6. The van der Waals surface area contributed by atoms with Crippen LogP contribution in [0.4, 0.5) is 5.69 Å². The second kappa shape index (κ2) is 7.31. The maximum absolute atomic E-state index is 12.5. The zero-order valence-corrected chi connectivity index (χ0v) is 14.4. The molecule has 0 bridgehead atoms. The SMILES string of the molecule is CNC(C)Cc1noc(-c2ccccc2N(C)C(=O)c2ccco2)n1. The number of nitrogens with one attached hydrogen (secondary N) is 1. The lowest BCUT2D eigenvalue weighted by atomic mass is 10.1. The Morgan fingerprint density at radius 2 is 2.08 bits per heavy atom. The van der Waals surface area contributed by atoms with Gasteiger partial charge >= 0.3 is 0 Å². The minimum Gasteiger partial charge on any atom is -0.459 e. The van der Waals surface area contributed by atoms with E-state index in [-0.39, 0.29) is 17.7 Å². The van der Waals surface area contributed by atoms with E-state index in [1.54, 1.807) is 19.2 Å². The van der Waals surface area contributed by atoms with Crippen LogP contribution in [0.2, 0.25) is 0 Å². The number of para-hydroxylation sites is 1. The van der Waals surface area contributed by atoms with Crippen LogP contribution in [0.25, 0.3) is 11.5 Å². The van der Waals surface area contributed by atoms with Gasteiger partial charge in [0.1, 0.15) is 0 Å². The molecule has 2 aromatic heterocycles. The molecule has 0 aliphatic heterocycles. The predicted molar refractivity (Wildman–Crippen MR) is 93.4 cm³/mol. The molecule has 0 radical (unpaired) electrons. The monoisotopic (exact) mass is 340 g/mol. The lowest BCUT2D eigenvalue weighted by Gasteiger charge is -2.18. The summed E-state index contributed by atoms with van der Waals surface area (Å²) in [5.74, 6) is 1.02. The summed E-state index contributed by atoms with van der Waals surface area (Å²) in [6, 6.07) is 10.9. The fourth-order valence-electron chi connectivity index (χ4n) is 2.44. The molecule has 0 aliphatic carbocycles. The van der Waals surface area contributed by atoms with Crippen LogP contribution in [-0.4, -0.2) is 36.2 Å². The molecule has 1 unspecified atom stereocenters. The van der Waals surface area contributed by atoms with E-state index in [0.29, 0.717) is 29.4 Å². The number of aromatic nitrogens is 2. The molecular formula is C18H20N4O3. The number of rotatable bonds is 6. The van der Waals surface area contributed by atoms with Gasteiger partial charge in [-0.3, -0.25) is 4.79 Å². The van der Waals surface area contributed by atoms with Gasteiger partial charge in [-0.2, -0.15) is 4.98 Å². The van der Waals surface area contributed by atoms with Crippen molar-refractivity contribution in [1.29, 1.82) is 0 Å². The van der Waals surface area contributed by atoms with Crippen LogP contribution < -0.4 is 10.2 Å². The molecule has 0 saturated carbocycles. The molecule has 3 aromatic rings. The largest absolute Gasteiger partial charge is 0.459 e. The van der Waals surface area contributed by atoms with Crippen molar-refractivity contribution < 1.29 is 13.7 Å². The van der Waals surface area contributed by atoms with Gasteiger partial charge in [0.05, 0.1) is 17.5 Å². The predicted octanol–water partition coefficient (Wildman–Crippen LogP) is 2.76. The van der Waals surface area contributed by atoms with Crippen LogP contribution in [0.5, 0.6) is 0 Å². The van der Waals surface area contributed by atoms with Crippen LogP contribution in [0.1, 0.15) is 23.3 Å². The van der Waals surface area contributed by atoms with E-state index in [0.717, 1.165) is 0 Å². The standard InChI is InChI=1S/C18H20N4O3/c1-12(19-2)11-16-20-17(25-21-16)13-7-4-5-8-14(13)22(3)18(23)15-9-6-10-24-15/h4-10,12,19H,11H2,1-3H3. The van der Waals surface area contributed by atoms with E-state index in [2.05, 4.69) is 15.5 Å². The maximum atomic E-state index is 12.5. The highest BCUT2D eigenvalue weighted by molar-refractivity contribution is 6.05. The smallest absolute Gasteiger partial charge is 0.293 e. The first kappa shape index (κ1) is 16.9. The molecule has 0 spiro atoms. The third-order valence-corrected chi connectivity index (χ3v) is 3.98.